The summed E-state index contributed by atoms with van der Waals surface area (Å²) in [5.74, 6) is 1.76. The van der Waals surface area contributed by atoms with Gasteiger partial charge in [-0.15, -0.1) is 0 Å². The van der Waals surface area contributed by atoms with Gasteiger partial charge in [0, 0.05) is 13.1 Å². The molecule has 0 radical (unpaired) electrons. The van der Waals surface area contributed by atoms with Gasteiger partial charge in [-0.2, -0.15) is 5.26 Å². The molecule has 3 rings (SSSR count). The lowest BCUT2D eigenvalue weighted by molar-refractivity contribution is 0.473. The van der Waals surface area contributed by atoms with E-state index in [1.54, 1.807) is 12.1 Å². The molecule has 1 aliphatic rings. The fraction of sp³-hybridized carbons (Fsp3) is 0.294. The standard InChI is InChI=1S/C17H17N3O/c18-11-15-4-2-6-17(19-15)20-8-7-14(12-20)9-13-3-1-5-16(21)10-13/h1-6,10,14,21H,7-9,12H2. The van der Waals surface area contributed by atoms with Crippen molar-refractivity contribution in [3.63, 3.8) is 0 Å². The molecule has 106 valence electrons. The van der Waals surface area contributed by atoms with Crippen LogP contribution in [0.5, 0.6) is 5.75 Å². The zero-order chi connectivity index (χ0) is 14.7. The molecule has 1 atom stereocenters. The van der Waals surface area contributed by atoms with Crippen molar-refractivity contribution in [2.75, 3.05) is 18.0 Å². The van der Waals surface area contributed by atoms with Crippen molar-refractivity contribution in [1.82, 2.24) is 4.98 Å². The van der Waals surface area contributed by atoms with Crippen molar-refractivity contribution in [1.29, 1.82) is 5.26 Å². The first kappa shape index (κ1) is 13.4. The molecule has 21 heavy (non-hydrogen) atoms. The molecule has 1 unspecified atom stereocenters. The Balaban J connectivity index is 1.66. The highest BCUT2D eigenvalue weighted by Crippen LogP contribution is 2.25. The van der Waals surface area contributed by atoms with Gasteiger partial charge in [-0.1, -0.05) is 18.2 Å². The molecule has 2 aromatic rings. The van der Waals surface area contributed by atoms with Gasteiger partial charge in [-0.3, -0.25) is 0 Å². The largest absolute Gasteiger partial charge is 0.508 e. The van der Waals surface area contributed by atoms with Crippen LogP contribution in [0.1, 0.15) is 17.7 Å². The molecular weight excluding hydrogens is 262 g/mol. The number of hydrogen-bond donors (Lipinski definition) is 1. The van der Waals surface area contributed by atoms with Gasteiger partial charge >= 0.3 is 0 Å². The zero-order valence-electron chi connectivity index (χ0n) is 11.7. The van der Waals surface area contributed by atoms with Crippen LogP contribution in [-0.4, -0.2) is 23.2 Å². The molecule has 0 saturated carbocycles. The summed E-state index contributed by atoms with van der Waals surface area (Å²) in [6, 6.07) is 15.1. The van der Waals surface area contributed by atoms with Crippen molar-refractivity contribution in [2.24, 2.45) is 5.92 Å². The molecule has 1 saturated heterocycles. The Morgan fingerprint density at radius 1 is 1.29 bits per heavy atom. The highest BCUT2D eigenvalue weighted by atomic mass is 16.3. The van der Waals surface area contributed by atoms with E-state index in [-0.39, 0.29) is 0 Å². The van der Waals surface area contributed by atoms with Gasteiger partial charge in [0.2, 0.25) is 0 Å². The Kier molecular flexibility index (Phi) is 3.74. The zero-order valence-corrected chi connectivity index (χ0v) is 11.7. The fourth-order valence-corrected chi connectivity index (χ4v) is 2.89. The Hall–Kier alpha value is -2.54. The van der Waals surface area contributed by atoms with Crippen LogP contribution < -0.4 is 4.90 Å². The lowest BCUT2D eigenvalue weighted by atomic mass is 9.99. The highest BCUT2D eigenvalue weighted by Gasteiger charge is 2.23. The summed E-state index contributed by atoms with van der Waals surface area (Å²) < 4.78 is 0. The van der Waals surface area contributed by atoms with Gasteiger partial charge in [0.05, 0.1) is 0 Å². The van der Waals surface area contributed by atoms with E-state index < -0.39 is 0 Å². The Bertz CT molecular complexity index is 678. The van der Waals surface area contributed by atoms with Crippen molar-refractivity contribution in [3.05, 3.63) is 53.7 Å². The van der Waals surface area contributed by atoms with Crippen molar-refractivity contribution in [2.45, 2.75) is 12.8 Å². The number of aromatic hydroxyl groups is 1. The lowest BCUT2D eigenvalue weighted by Gasteiger charge is -2.17. The quantitative estimate of drug-likeness (QED) is 0.938. The van der Waals surface area contributed by atoms with Crippen LogP contribution >= 0.6 is 0 Å². The van der Waals surface area contributed by atoms with Crippen LogP contribution in [0.25, 0.3) is 0 Å². The van der Waals surface area contributed by atoms with Gasteiger partial charge in [0.25, 0.3) is 0 Å². The predicted molar refractivity (Wildman–Crippen MR) is 81.1 cm³/mol. The number of aromatic nitrogens is 1. The first-order valence-electron chi connectivity index (χ1n) is 7.14. The van der Waals surface area contributed by atoms with E-state index in [4.69, 9.17) is 5.26 Å². The number of hydrogen-bond acceptors (Lipinski definition) is 4. The topological polar surface area (TPSA) is 60.2 Å². The SMILES string of the molecule is N#Cc1cccc(N2CCC(Cc3cccc(O)c3)C2)n1. The molecule has 4 heteroatoms. The van der Waals surface area contributed by atoms with Gasteiger partial charge < -0.3 is 10.0 Å². The van der Waals surface area contributed by atoms with E-state index in [1.165, 1.54) is 5.56 Å². The maximum atomic E-state index is 9.52. The molecule has 0 aliphatic carbocycles. The first-order valence-corrected chi connectivity index (χ1v) is 7.14. The number of anilines is 1. The average Bonchev–Trinajstić information content (AvgIpc) is 2.96. The van der Waals surface area contributed by atoms with E-state index in [9.17, 15) is 5.11 Å². The monoisotopic (exact) mass is 279 g/mol. The van der Waals surface area contributed by atoms with Gasteiger partial charge in [0.1, 0.15) is 23.3 Å². The first-order chi connectivity index (χ1) is 10.2. The molecule has 1 aliphatic heterocycles. The second-order valence-corrected chi connectivity index (χ2v) is 5.47. The maximum Gasteiger partial charge on any atom is 0.142 e. The number of phenolic OH excluding ortho intramolecular Hbond substituents is 1. The number of nitriles is 1. The normalized spacial score (nSPS) is 17.7. The number of nitrogens with zero attached hydrogens (tertiary/aromatic N) is 3. The minimum Gasteiger partial charge on any atom is -0.508 e. The molecule has 0 amide bonds. The molecule has 1 fully saturated rings. The molecule has 1 aromatic heterocycles. The number of pyridine rings is 1. The third-order valence-electron chi connectivity index (χ3n) is 3.89. The number of rotatable bonds is 3. The van der Waals surface area contributed by atoms with E-state index in [0.717, 1.165) is 31.7 Å². The fourth-order valence-electron chi connectivity index (χ4n) is 2.89. The van der Waals surface area contributed by atoms with Crippen molar-refractivity contribution in [3.8, 4) is 11.8 Å². The third kappa shape index (κ3) is 3.14. The van der Waals surface area contributed by atoms with Crippen molar-refractivity contribution < 1.29 is 5.11 Å². The van der Waals surface area contributed by atoms with Crippen LogP contribution in [0.2, 0.25) is 0 Å². The van der Waals surface area contributed by atoms with E-state index in [2.05, 4.69) is 22.0 Å². The summed E-state index contributed by atoms with van der Waals surface area (Å²) >= 11 is 0. The average molecular weight is 279 g/mol. The lowest BCUT2D eigenvalue weighted by Crippen LogP contribution is -2.21. The van der Waals surface area contributed by atoms with Crippen LogP contribution in [0, 0.1) is 17.2 Å². The van der Waals surface area contributed by atoms with E-state index >= 15 is 0 Å². The molecule has 1 aromatic carbocycles. The molecule has 0 bridgehead atoms. The summed E-state index contributed by atoms with van der Waals surface area (Å²) in [7, 11) is 0. The summed E-state index contributed by atoms with van der Waals surface area (Å²) in [6.45, 7) is 1.91. The third-order valence-corrected chi connectivity index (χ3v) is 3.89. The molecule has 4 nitrogen and oxygen atoms in total. The summed E-state index contributed by atoms with van der Waals surface area (Å²) in [5.41, 5.74) is 1.63. The smallest absolute Gasteiger partial charge is 0.142 e. The second-order valence-electron chi connectivity index (χ2n) is 5.47. The van der Waals surface area contributed by atoms with Crippen LogP contribution in [0.3, 0.4) is 0 Å². The minimum absolute atomic E-state index is 0.325. The molecule has 2 heterocycles. The Morgan fingerprint density at radius 3 is 2.95 bits per heavy atom. The predicted octanol–water partition coefficient (Wildman–Crippen LogP) is 2.73. The summed E-state index contributed by atoms with van der Waals surface area (Å²) in [5, 5.41) is 18.4. The number of phenols is 1. The Morgan fingerprint density at radius 2 is 2.14 bits per heavy atom. The van der Waals surface area contributed by atoms with Crippen LogP contribution in [0.4, 0.5) is 5.82 Å². The minimum atomic E-state index is 0.325. The second kappa shape index (κ2) is 5.84. The van der Waals surface area contributed by atoms with Crippen molar-refractivity contribution >= 4 is 5.82 Å². The van der Waals surface area contributed by atoms with Crippen LogP contribution in [0.15, 0.2) is 42.5 Å². The number of benzene rings is 1. The molecule has 1 N–H and O–H groups in total. The van der Waals surface area contributed by atoms with Crippen LogP contribution in [-0.2, 0) is 6.42 Å². The maximum absolute atomic E-state index is 9.52. The molecule has 0 spiro atoms. The highest BCUT2D eigenvalue weighted by molar-refractivity contribution is 5.42. The van der Waals surface area contributed by atoms with Gasteiger partial charge in [0.15, 0.2) is 0 Å². The summed E-state index contributed by atoms with van der Waals surface area (Å²) in [6.07, 6.45) is 2.07. The van der Waals surface area contributed by atoms with E-state index in [1.807, 2.05) is 24.3 Å². The Labute approximate surface area is 124 Å². The van der Waals surface area contributed by atoms with Gasteiger partial charge in [-0.25, -0.2) is 4.98 Å². The van der Waals surface area contributed by atoms with Gasteiger partial charge in [-0.05, 0) is 48.6 Å². The summed E-state index contributed by atoms with van der Waals surface area (Å²) in [4.78, 5) is 6.58. The molecular formula is C17H17N3O. The van der Waals surface area contributed by atoms with E-state index in [0.29, 0.717) is 17.4 Å².